The maximum atomic E-state index is 13.9. The van der Waals surface area contributed by atoms with Gasteiger partial charge in [0.2, 0.25) is 11.8 Å². The van der Waals surface area contributed by atoms with Crippen LogP contribution in [-0.2, 0) is 36.8 Å². The van der Waals surface area contributed by atoms with Gasteiger partial charge in [-0.25, -0.2) is 9.78 Å². The molecule has 0 bridgehead atoms. The Morgan fingerprint density at radius 2 is 1.71 bits per heavy atom. The van der Waals surface area contributed by atoms with Crippen LogP contribution in [0.5, 0.6) is 5.75 Å². The average Bonchev–Trinajstić information content (AvgIpc) is 3.81. The van der Waals surface area contributed by atoms with E-state index in [2.05, 4.69) is 10.6 Å². The van der Waals surface area contributed by atoms with Crippen molar-refractivity contribution < 1.29 is 43.3 Å². The summed E-state index contributed by atoms with van der Waals surface area (Å²) in [5.74, 6) is -2.47. The Kier molecular flexibility index (Phi) is 11.2. The molecule has 1 aromatic heterocycles. The SMILES string of the molecule is CCOC(=O)N1CCN(C(=O)C(CCC(=O)O)NC(=O)c2cc(OCC(=O)N3CCCC3C(=O)NC3CC3)c3ccc4c(c3n2)CCCC4)CC1. The normalized spacial score (nSPS) is 19.2. The molecule has 3 heterocycles. The van der Waals surface area contributed by atoms with Crippen LogP contribution < -0.4 is 15.4 Å². The highest BCUT2D eigenvalue weighted by atomic mass is 16.6. The van der Waals surface area contributed by atoms with Crippen molar-refractivity contribution in [3.63, 3.8) is 0 Å². The first-order valence-electron chi connectivity index (χ1n) is 18.0. The van der Waals surface area contributed by atoms with E-state index in [-0.39, 0.29) is 81.5 Å². The number of nitrogens with one attached hydrogen (secondary N) is 2. The van der Waals surface area contributed by atoms with Crippen molar-refractivity contribution in [3.8, 4) is 5.75 Å². The monoisotopic (exact) mass is 706 g/mol. The molecule has 4 aliphatic rings. The Bertz CT molecular complexity index is 1690. The van der Waals surface area contributed by atoms with E-state index in [1.165, 1.54) is 15.9 Å². The number of nitrogens with zero attached hydrogens (tertiary/aromatic N) is 4. The summed E-state index contributed by atoms with van der Waals surface area (Å²) in [4.78, 5) is 86.8. The molecule has 2 saturated heterocycles. The topological polar surface area (TPSA) is 188 Å². The minimum absolute atomic E-state index is 0.0351. The molecular formula is C36H46N6O9. The summed E-state index contributed by atoms with van der Waals surface area (Å²) >= 11 is 0. The van der Waals surface area contributed by atoms with Gasteiger partial charge in [0.25, 0.3) is 11.8 Å². The first-order valence-corrected chi connectivity index (χ1v) is 18.0. The fraction of sp³-hybridized carbons (Fsp3) is 0.583. The molecule has 2 aliphatic carbocycles. The third kappa shape index (κ3) is 8.51. The summed E-state index contributed by atoms with van der Waals surface area (Å²) in [5.41, 5.74) is 2.67. The molecule has 2 aromatic rings. The van der Waals surface area contributed by atoms with Crippen LogP contribution in [0.15, 0.2) is 18.2 Å². The second-order valence-electron chi connectivity index (χ2n) is 13.6. The molecular weight excluding hydrogens is 660 g/mol. The number of rotatable bonds is 12. The number of amides is 5. The lowest BCUT2D eigenvalue weighted by atomic mass is 9.89. The number of aromatic nitrogens is 1. The number of likely N-dealkylation sites (tertiary alicyclic amines) is 1. The second-order valence-corrected chi connectivity index (χ2v) is 13.6. The van der Waals surface area contributed by atoms with E-state index < -0.39 is 36.0 Å². The molecule has 274 valence electrons. The molecule has 51 heavy (non-hydrogen) atoms. The van der Waals surface area contributed by atoms with Gasteiger partial charge in [-0.2, -0.15) is 0 Å². The first-order chi connectivity index (χ1) is 24.6. The van der Waals surface area contributed by atoms with Gasteiger partial charge in [-0.1, -0.05) is 6.07 Å². The summed E-state index contributed by atoms with van der Waals surface area (Å²) < 4.78 is 11.2. The van der Waals surface area contributed by atoms with Crippen LogP contribution >= 0.6 is 0 Å². The fourth-order valence-electron chi connectivity index (χ4n) is 7.11. The highest BCUT2D eigenvalue weighted by Gasteiger charge is 2.37. The highest BCUT2D eigenvalue weighted by molar-refractivity contribution is 6.00. The van der Waals surface area contributed by atoms with Gasteiger partial charge in [0.05, 0.1) is 12.1 Å². The molecule has 0 radical (unpaired) electrons. The van der Waals surface area contributed by atoms with Crippen LogP contribution in [0, 0.1) is 0 Å². The molecule has 1 saturated carbocycles. The Morgan fingerprint density at radius 3 is 2.43 bits per heavy atom. The zero-order valence-corrected chi connectivity index (χ0v) is 29.0. The van der Waals surface area contributed by atoms with E-state index in [4.69, 9.17) is 14.5 Å². The number of hydrogen-bond donors (Lipinski definition) is 3. The number of hydrogen-bond acceptors (Lipinski definition) is 9. The Hall–Kier alpha value is -4.95. The molecule has 0 spiro atoms. The Balaban J connectivity index is 1.22. The van der Waals surface area contributed by atoms with Crippen molar-refractivity contribution in [2.75, 3.05) is 45.9 Å². The maximum absolute atomic E-state index is 13.9. The summed E-state index contributed by atoms with van der Waals surface area (Å²) in [5, 5.41) is 15.8. The minimum Gasteiger partial charge on any atom is -0.483 e. The smallest absolute Gasteiger partial charge is 0.409 e. The Labute approximate surface area is 296 Å². The van der Waals surface area contributed by atoms with Crippen LogP contribution in [0.3, 0.4) is 0 Å². The average molecular weight is 707 g/mol. The predicted molar refractivity (Wildman–Crippen MR) is 183 cm³/mol. The van der Waals surface area contributed by atoms with Crippen molar-refractivity contribution in [3.05, 3.63) is 35.0 Å². The molecule has 15 nitrogen and oxygen atoms in total. The molecule has 15 heteroatoms. The van der Waals surface area contributed by atoms with Crippen LogP contribution in [0.2, 0.25) is 0 Å². The number of carbonyl (C=O) groups is 6. The van der Waals surface area contributed by atoms with Gasteiger partial charge in [0.15, 0.2) is 6.61 Å². The van der Waals surface area contributed by atoms with Crippen LogP contribution in [0.25, 0.3) is 10.9 Å². The van der Waals surface area contributed by atoms with E-state index in [0.29, 0.717) is 30.3 Å². The summed E-state index contributed by atoms with van der Waals surface area (Å²) in [6.07, 6.45) is 5.83. The second kappa shape index (κ2) is 15.9. The van der Waals surface area contributed by atoms with Gasteiger partial charge in [0.1, 0.15) is 23.5 Å². The number of aliphatic carboxylic acids is 1. The van der Waals surface area contributed by atoms with Crippen molar-refractivity contribution in [1.29, 1.82) is 0 Å². The zero-order chi connectivity index (χ0) is 36.1. The number of pyridine rings is 1. The van der Waals surface area contributed by atoms with Crippen LogP contribution in [0.1, 0.15) is 79.9 Å². The van der Waals surface area contributed by atoms with Gasteiger partial charge in [-0.05, 0) is 81.9 Å². The number of ether oxygens (including phenoxy) is 2. The van der Waals surface area contributed by atoms with Crippen LogP contribution in [0.4, 0.5) is 4.79 Å². The fourth-order valence-corrected chi connectivity index (χ4v) is 7.11. The summed E-state index contributed by atoms with van der Waals surface area (Å²) in [6.45, 7) is 2.92. The minimum atomic E-state index is -1.16. The third-order valence-corrected chi connectivity index (χ3v) is 10.0. The van der Waals surface area contributed by atoms with Crippen molar-refractivity contribution in [2.45, 2.75) is 89.3 Å². The number of aryl methyl sites for hydroxylation is 2. The lowest BCUT2D eigenvalue weighted by Crippen LogP contribution is -2.56. The molecule has 2 atom stereocenters. The third-order valence-electron chi connectivity index (χ3n) is 10.0. The molecule has 6 rings (SSSR count). The van der Waals surface area contributed by atoms with Crippen LogP contribution in [-0.4, -0.2) is 125 Å². The number of benzene rings is 1. The van der Waals surface area contributed by atoms with Gasteiger partial charge in [-0.3, -0.25) is 24.0 Å². The van der Waals surface area contributed by atoms with E-state index in [1.807, 2.05) is 12.1 Å². The lowest BCUT2D eigenvalue weighted by Gasteiger charge is -2.35. The highest BCUT2D eigenvalue weighted by Crippen LogP contribution is 2.34. The first kappa shape index (κ1) is 35.9. The number of piperazine rings is 1. The summed E-state index contributed by atoms with van der Waals surface area (Å²) in [7, 11) is 0. The number of carbonyl (C=O) groups excluding carboxylic acids is 5. The van der Waals surface area contributed by atoms with E-state index in [1.54, 1.807) is 11.8 Å². The van der Waals surface area contributed by atoms with Crippen molar-refractivity contribution in [1.82, 2.24) is 30.3 Å². The van der Waals surface area contributed by atoms with Gasteiger partial charge < -0.3 is 39.9 Å². The molecule has 5 amide bonds. The quantitative estimate of drug-likeness (QED) is 0.295. The maximum Gasteiger partial charge on any atom is 0.409 e. The van der Waals surface area contributed by atoms with Gasteiger partial charge in [0, 0.05) is 56.6 Å². The predicted octanol–water partition coefficient (Wildman–Crippen LogP) is 2.03. The number of carboxylic acids is 1. The van der Waals surface area contributed by atoms with Crippen molar-refractivity contribution in [2.24, 2.45) is 0 Å². The molecule has 2 aliphatic heterocycles. The lowest BCUT2D eigenvalue weighted by molar-refractivity contribution is -0.140. The van der Waals surface area contributed by atoms with Crippen molar-refractivity contribution >= 4 is 46.6 Å². The number of carboxylic acid groups (broad SMARTS) is 1. The standard InChI is InChI=1S/C36H46N6O9/c1-2-50-36(49)41-18-16-40(17-19-41)35(48)26(13-14-31(44)45)39-33(46)27-20-29(25-12-9-22-6-3-4-7-24(22)32(25)38-27)51-21-30(43)42-15-5-8-28(42)34(47)37-23-10-11-23/h9,12,20,23,26,28H,2-8,10-11,13-19,21H2,1H3,(H,37,47)(H,39,46)(H,44,45). The molecule has 1 aromatic carbocycles. The van der Waals surface area contributed by atoms with Gasteiger partial charge >= 0.3 is 12.1 Å². The molecule has 3 N–H and O–H groups in total. The number of fused-ring (bicyclic) bond motifs is 3. The largest absolute Gasteiger partial charge is 0.483 e. The molecule has 2 unspecified atom stereocenters. The molecule has 3 fully saturated rings. The summed E-state index contributed by atoms with van der Waals surface area (Å²) in [6, 6.07) is 3.82. The Morgan fingerprint density at radius 1 is 0.961 bits per heavy atom. The zero-order valence-electron chi connectivity index (χ0n) is 29.0. The van der Waals surface area contributed by atoms with E-state index >= 15 is 0 Å². The van der Waals surface area contributed by atoms with E-state index in [0.717, 1.165) is 49.7 Å². The van der Waals surface area contributed by atoms with Gasteiger partial charge in [-0.15, -0.1) is 0 Å². The van der Waals surface area contributed by atoms with E-state index in [9.17, 15) is 33.9 Å².